The number of carbonyl (C=O) groups is 1. The van der Waals surface area contributed by atoms with Gasteiger partial charge in [0.25, 0.3) is 0 Å². The van der Waals surface area contributed by atoms with Crippen molar-refractivity contribution >= 4 is 33.3 Å². The van der Waals surface area contributed by atoms with E-state index in [1.807, 2.05) is 6.07 Å². The summed E-state index contributed by atoms with van der Waals surface area (Å²) in [5.74, 6) is -1.21. The Morgan fingerprint density at radius 1 is 1.25 bits per heavy atom. The molecule has 0 heterocycles. The molecule has 0 saturated carbocycles. The van der Waals surface area contributed by atoms with Gasteiger partial charge in [0, 0.05) is 11.6 Å². The summed E-state index contributed by atoms with van der Waals surface area (Å²) >= 11 is 8.92. The summed E-state index contributed by atoms with van der Waals surface area (Å²) in [7, 11) is 1.41. The summed E-state index contributed by atoms with van der Waals surface area (Å²) in [6.07, 6.45) is -0.858. The van der Waals surface area contributed by atoms with Crippen molar-refractivity contribution < 1.29 is 13.9 Å². The number of ether oxygens (including phenoxy) is 1. The lowest BCUT2D eigenvalue weighted by atomic mass is 9.99. The van der Waals surface area contributed by atoms with Gasteiger partial charge in [-0.25, -0.2) is 4.39 Å². The van der Waals surface area contributed by atoms with Gasteiger partial charge >= 0.3 is 0 Å². The van der Waals surface area contributed by atoms with E-state index in [0.717, 1.165) is 0 Å². The highest BCUT2D eigenvalue weighted by Gasteiger charge is 2.25. The van der Waals surface area contributed by atoms with Crippen molar-refractivity contribution in [1.82, 2.24) is 0 Å². The lowest BCUT2D eigenvalue weighted by molar-refractivity contribution is 0.0600. The maximum absolute atomic E-state index is 14.1. The third-order valence-corrected chi connectivity index (χ3v) is 4.14. The van der Waals surface area contributed by atoms with Crippen molar-refractivity contribution in [2.75, 3.05) is 7.11 Å². The lowest BCUT2D eigenvalue weighted by Crippen LogP contribution is -2.16. The Bertz CT molecular complexity index is 631. The van der Waals surface area contributed by atoms with E-state index >= 15 is 0 Å². The second kappa shape index (κ2) is 6.48. The van der Waals surface area contributed by atoms with E-state index in [1.165, 1.54) is 19.2 Å². The highest BCUT2D eigenvalue weighted by molar-refractivity contribution is 9.10. The number of Topliss-reactive ketones (excluding diaryl/α,β-unsaturated/α-hetero) is 1. The molecule has 1 atom stereocenters. The number of halogens is 3. The molecule has 20 heavy (non-hydrogen) atoms. The zero-order valence-electron chi connectivity index (χ0n) is 10.6. The fourth-order valence-electron chi connectivity index (χ4n) is 1.88. The van der Waals surface area contributed by atoms with Crippen LogP contribution in [0.2, 0.25) is 5.02 Å². The standard InChI is InChI=1S/C15H11BrClFO2/c1-20-15(9-5-3-2-4-6-9)14(19)10-7-8-11(16)12(17)13(10)18/h2-8,15H,1H3. The second-order valence-electron chi connectivity index (χ2n) is 4.11. The van der Waals surface area contributed by atoms with E-state index in [1.54, 1.807) is 24.3 Å². The van der Waals surface area contributed by atoms with E-state index in [2.05, 4.69) is 15.9 Å². The first kappa shape index (κ1) is 15.2. The van der Waals surface area contributed by atoms with Crippen LogP contribution in [0.4, 0.5) is 4.39 Å². The van der Waals surface area contributed by atoms with Gasteiger partial charge in [-0.2, -0.15) is 0 Å². The average molecular weight is 358 g/mol. The monoisotopic (exact) mass is 356 g/mol. The number of benzene rings is 2. The van der Waals surface area contributed by atoms with Gasteiger partial charge in [-0.3, -0.25) is 4.79 Å². The molecule has 104 valence electrons. The number of rotatable bonds is 4. The van der Waals surface area contributed by atoms with Crippen LogP contribution in [0.1, 0.15) is 22.0 Å². The Kier molecular flexibility index (Phi) is 4.91. The van der Waals surface area contributed by atoms with Crippen molar-refractivity contribution in [2.24, 2.45) is 0 Å². The zero-order valence-corrected chi connectivity index (χ0v) is 12.9. The summed E-state index contributed by atoms with van der Waals surface area (Å²) in [5.41, 5.74) is 0.576. The van der Waals surface area contributed by atoms with Gasteiger partial charge in [-0.15, -0.1) is 0 Å². The molecule has 2 nitrogen and oxygen atoms in total. The number of methoxy groups -OCH3 is 1. The first-order valence-electron chi connectivity index (χ1n) is 5.81. The van der Waals surface area contributed by atoms with Gasteiger partial charge in [-0.1, -0.05) is 41.9 Å². The van der Waals surface area contributed by atoms with Crippen molar-refractivity contribution in [1.29, 1.82) is 0 Å². The summed E-state index contributed by atoms with van der Waals surface area (Å²) in [4.78, 5) is 12.4. The molecule has 0 radical (unpaired) electrons. The van der Waals surface area contributed by atoms with Crippen LogP contribution in [0, 0.1) is 5.82 Å². The molecule has 2 rings (SSSR count). The van der Waals surface area contributed by atoms with E-state index in [9.17, 15) is 9.18 Å². The van der Waals surface area contributed by atoms with E-state index in [0.29, 0.717) is 10.0 Å². The van der Waals surface area contributed by atoms with Gasteiger partial charge in [0.05, 0.1) is 10.6 Å². The highest BCUT2D eigenvalue weighted by Crippen LogP contribution is 2.30. The van der Waals surface area contributed by atoms with Crippen LogP contribution < -0.4 is 0 Å². The van der Waals surface area contributed by atoms with Gasteiger partial charge in [0.15, 0.2) is 11.6 Å². The minimum absolute atomic E-state index is 0.0890. The average Bonchev–Trinajstić information content (AvgIpc) is 2.47. The molecular formula is C15H11BrClFO2. The SMILES string of the molecule is COC(C(=O)c1ccc(Br)c(Cl)c1F)c1ccccc1. The van der Waals surface area contributed by atoms with Crippen LogP contribution >= 0.6 is 27.5 Å². The Morgan fingerprint density at radius 3 is 2.50 bits per heavy atom. The Balaban J connectivity index is 2.42. The molecule has 0 aliphatic rings. The predicted octanol–water partition coefficient (Wildman–Crippen LogP) is 4.81. The molecule has 2 aromatic rings. The van der Waals surface area contributed by atoms with Gasteiger partial charge in [0.1, 0.15) is 6.10 Å². The maximum atomic E-state index is 14.1. The normalized spacial score (nSPS) is 12.2. The minimum Gasteiger partial charge on any atom is -0.369 e. The minimum atomic E-state index is -0.858. The van der Waals surface area contributed by atoms with E-state index in [-0.39, 0.29) is 10.6 Å². The topological polar surface area (TPSA) is 26.3 Å². The van der Waals surface area contributed by atoms with E-state index in [4.69, 9.17) is 16.3 Å². The fourth-order valence-corrected chi connectivity index (χ4v) is 2.35. The van der Waals surface area contributed by atoms with Crippen molar-refractivity contribution in [3.8, 4) is 0 Å². The molecule has 0 saturated heterocycles. The molecule has 0 N–H and O–H groups in total. The first-order valence-corrected chi connectivity index (χ1v) is 6.98. The fraction of sp³-hybridized carbons (Fsp3) is 0.133. The largest absolute Gasteiger partial charge is 0.369 e. The molecule has 1 unspecified atom stereocenters. The quantitative estimate of drug-likeness (QED) is 0.580. The molecule has 0 fully saturated rings. The van der Waals surface area contributed by atoms with Crippen LogP contribution in [-0.4, -0.2) is 12.9 Å². The summed E-state index contributed by atoms with van der Waals surface area (Å²) in [6.45, 7) is 0. The van der Waals surface area contributed by atoms with Crippen LogP contribution in [0.5, 0.6) is 0 Å². The first-order chi connectivity index (χ1) is 9.56. The molecule has 0 aromatic heterocycles. The van der Waals surface area contributed by atoms with Gasteiger partial charge in [0.2, 0.25) is 0 Å². The molecular weight excluding hydrogens is 347 g/mol. The molecule has 0 amide bonds. The van der Waals surface area contributed by atoms with Crippen molar-refractivity contribution in [3.63, 3.8) is 0 Å². The smallest absolute Gasteiger partial charge is 0.199 e. The van der Waals surface area contributed by atoms with Gasteiger partial charge in [-0.05, 0) is 33.6 Å². The second-order valence-corrected chi connectivity index (χ2v) is 5.35. The number of carbonyl (C=O) groups excluding carboxylic acids is 1. The maximum Gasteiger partial charge on any atom is 0.199 e. The number of hydrogen-bond acceptors (Lipinski definition) is 2. The summed E-state index contributed by atoms with van der Waals surface area (Å²) < 4.78 is 19.7. The highest BCUT2D eigenvalue weighted by atomic mass is 79.9. The molecule has 2 aromatic carbocycles. The van der Waals surface area contributed by atoms with Crippen molar-refractivity contribution in [2.45, 2.75) is 6.10 Å². The Labute approximate surface area is 129 Å². The van der Waals surface area contributed by atoms with Crippen molar-refractivity contribution in [3.05, 3.63) is 68.9 Å². The Hall–Kier alpha value is -1.23. The third-order valence-electron chi connectivity index (χ3n) is 2.88. The molecule has 0 aliphatic carbocycles. The van der Waals surface area contributed by atoms with Crippen LogP contribution in [0.15, 0.2) is 46.9 Å². The zero-order chi connectivity index (χ0) is 14.7. The van der Waals surface area contributed by atoms with Crippen LogP contribution in [-0.2, 0) is 4.74 Å². The number of hydrogen-bond donors (Lipinski definition) is 0. The van der Waals surface area contributed by atoms with Crippen LogP contribution in [0.25, 0.3) is 0 Å². The third kappa shape index (κ3) is 2.92. The Morgan fingerprint density at radius 2 is 1.90 bits per heavy atom. The van der Waals surface area contributed by atoms with E-state index < -0.39 is 17.7 Å². The number of ketones is 1. The molecule has 0 bridgehead atoms. The summed E-state index contributed by atoms with van der Waals surface area (Å²) in [6, 6.07) is 11.9. The van der Waals surface area contributed by atoms with Crippen LogP contribution in [0.3, 0.4) is 0 Å². The lowest BCUT2D eigenvalue weighted by Gasteiger charge is -2.15. The molecule has 0 aliphatic heterocycles. The molecule has 0 spiro atoms. The molecule has 5 heteroatoms. The van der Waals surface area contributed by atoms with Gasteiger partial charge < -0.3 is 4.74 Å². The summed E-state index contributed by atoms with van der Waals surface area (Å²) in [5, 5.41) is -0.112. The predicted molar refractivity (Wildman–Crippen MR) is 79.6 cm³/mol.